The maximum absolute atomic E-state index is 12.8. The Balaban J connectivity index is 1.70. The molecule has 4 nitrogen and oxygen atoms in total. The number of aryl methyl sites for hydroxylation is 2. The highest BCUT2D eigenvalue weighted by Crippen LogP contribution is 2.26. The van der Waals surface area contributed by atoms with Gasteiger partial charge < -0.3 is 0 Å². The molecule has 122 valence electrons. The Morgan fingerprint density at radius 3 is 2.18 bits per heavy atom. The predicted octanol–water partition coefficient (Wildman–Crippen LogP) is 2.55. The van der Waals surface area contributed by atoms with Crippen molar-refractivity contribution in [2.45, 2.75) is 50.5 Å². The van der Waals surface area contributed by atoms with Crippen LogP contribution in [0.5, 0.6) is 0 Å². The summed E-state index contributed by atoms with van der Waals surface area (Å²) in [6.45, 7) is 6.94. The molecule has 1 aliphatic heterocycles. The van der Waals surface area contributed by atoms with Crippen LogP contribution in [0.25, 0.3) is 0 Å². The summed E-state index contributed by atoms with van der Waals surface area (Å²) in [7, 11) is -3.34. The Morgan fingerprint density at radius 2 is 1.59 bits per heavy atom. The number of hydrogen-bond acceptors (Lipinski definition) is 3. The average Bonchev–Trinajstić information content (AvgIpc) is 3.04. The van der Waals surface area contributed by atoms with E-state index in [-0.39, 0.29) is 0 Å². The standard InChI is InChI=1S/C17H26N2O2S/c1-14-7-8-17(13-15(14)2)22(20,21)19-11-9-18(10-12-19)16-5-3-4-6-16/h7-8,13,16H,3-6,9-12H2,1-2H3. The molecule has 5 heteroatoms. The molecule has 0 spiro atoms. The highest BCUT2D eigenvalue weighted by Gasteiger charge is 2.31. The number of sulfonamides is 1. The molecular formula is C17H26N2O2S. The molecule has 0 bridgehead atoms. The lowest BCUT2D eigenvalue weighted by molar-refractivity contribution is 0.139. The van der Waals surface area contributed by atoms with E-state index in [0.717, 1.165) is 24.2 Å². The molecule has 1 aromatic rings. The van der Waals surface area contributed by atoms with Gasteiger partial charge in [0.2, 0.25) is 10.0 Å². The molecule has 0 atom stereocenters. The number of piperazine rings is 1. The van der Waals surface area contributed by atoms with E-state index >= 15 is 0 Å². The van der Waals surface area contributed by atoms with Gasteiger partial charge in [0.25, 0.3) is 0 Å². The number of benzene rings is 1. The van der Waals surface area contributed by atoms with Gasteiger partial charge in [-0.3, -0.25) is 4.90 Å². The number of nitrogens with zero attached hydrogens (tertiary/aromatic N) is 2. The van der Waals surface area contributed by atoms with Crippen molar-refractivity contribution in [3.05, 3.63) is 29.3 Å². The van der Waals surface area contributed by atoms with E-state index in [4.69, 9.17) is 0 Å². The molecule has 0 radical (unpaired) electrons. The smallest absolute Gasteiger partial charge is 0.243 e. The molecular weight excluding hydrogens is 296 g/mol. The lowest BCUT2D eigenvalue weighted by Crippen LogP contribution is -2.51. The molecule has 1 aromatic carbocycles. The highest BCUT2D eigenvalue weighted by atomic mass is 32.2. The Hall–Kier alpha value is -0.910. The first-order valence-corrected chi connectivity index (χ1v) is 9.74. The van der Waals surface area contributed by atoms with E-state index < -0.39 is 10.0 Å². The first kappa shape index (κ1) is 16.0. The fraction of sp³-hybridized carbons (Fsp3) is 0.647. The van der Waals surface area contributed by atoms with E-state index in [0.29, 0.717) is 24.0 Å². The Bertz CT molecular complexity index is 628. The first-order chi connectivity index (χ1) is 10.5. The molecule has 1 heterocycles. The summed E-state index contributed by atoms with van der Waals surface area (Å²) < 4.78 is 27.2. The van der Waals surface area contributed by atoms with Crippen LogP contribution in [0.3, 0.4) is 0 Å². The minimum Gasteiger partial charge on any atom is -0.298 e. The Morgan fingerprint density at radius 1 is 0.955 bits per heavy atom. The van der Waals surface area contributed by atoms with Gasteiger partial charge in [-0.2, -0.15) is 4.31 Å². The van der Waals surface area contributed by atoms with Gasteiger partial charge in [-0.15, -0.1) is 0 Å². The van der Waals surface area contributed by atoms with Crippen LogP contribution in [-0.4, -0.2) is 49.8 Å². The van der Waals surface area contributed by atoms with Crippen LogP contribution in [0.4, 0.5) is 0 Å². The summed E-state index contributed by atoms with van der Waals surface area (Å²) in [5, 5.41) is 0. The van der Waals surface area contributed by atoms with Crippen molar-refractivity contribution in [3.8, 4) is 0 Å². The zero-order valence-electron chi connectivity index (χ0n) is 13.6. The van der Waals surface area contributed by atoms with Gasteiger partial charge in [-0.05, 0) is 49.9 Å². The SMILES string of the molecule is Cc1ccc(S(=O)(=O)N2CCN(C3CCCC3)CC2)cc1C. The third-order valence-corrected chi connectivity index (χ3v) is 7.13. The third-order valence-electron chi connectivity index (χ3n) is 5.23. The molecule has 0 amide bonds. The van der Waals surface area contributed by atoms with Gasteiger partial charge in [0, 0.05) is 32.2 Å². The predicted molar refractivity (Wildman–Crippen MR) is 88.5 cm³/mol. The van der Waals surface area contributed by atoms with E-state index in [2.05, 4.69) is 4.90 Å². The van der Waals surface area contributed by atoms with Gasteiger partial charge in [-0.1, -0.05) is 18.9 Å². The van der Waals surface area contributed by atoms with Crippen LogP contribution in [0.1, 0.15) is 36.8 Å². The fourth-order valence-corrected chi connectivity index (χ4v) is 5.11. The van der Waals surface area contributed by atoms with Crippen molar-refractivity contribution in [3.63, 3.8) is 0 Å². The average molecular weight is 322 g/mol. The maximum Gasteiger partial charge on any atom is 0.243 e. The van der Waals surface area contributed by atoms with Crippen molar-refractivity contribution in [1.82, 2.24) is 9.21 Å². The van der Waals surface area contributed by atoms with Crippen molar-refractivity contribution < 1.29 is 8.42 Å². The lowest BCUT2D eigenvalue weighted by Gasteiger charge is -2.37. The summed E-state index contributed by atoms with van der Waals surface area (Å²) in [6.07, 6.45) is 5.21. The van der Waals surface area contributed by atoms with Gasteiger partial charge in [-0.25, -0.2) is 8.42 Å². The topological polar surface area (TPSA) is 40.6 Å². The molecule has 0 N–H and O–H groups in total. The maximum atomic E-state index is 12.8. The summed E-state index contributed by atoms with van der Waals surface area (Å²) in [5.41, 5.74) is 2.16. The van der Waals surface area contributed by atoms with E-state index in [1.807, 2.05) is 19.9 Å². The van der Waals surface area contributed by atoms with E-state index in [1.54, 1.807) is 16.4 Å². The van der Waals surface area contributed by atoms with Crippen LogP contribution in [-0.2, 0) is 10.0 Å². The van der Waals surface area contributed by atoms with Gasteiger partial charge in [0.05, 0.1) is 4.90 Å². The van der Waals surface area contributed by atoms with Crippen LogP contribution < -0.4 is 0 Å². The molecule has 0 aromatic heterocycles. The second-order valence-corrected chi connectivity index (χ2v) is 8.56. The van der Waals surface area contributed by atoms with Crippen molar-refractivity contribution in [2.75, 3.05) is 26.2 Å². The fourth-order valence-electron chi connectivity index (χ4n) is 3.60. The monoisotopic (exact) mass is 322 g/mol. The molecule has 1 saturated carbocycles. The zero-order chi connectivity index (χ0) is 15.7. The minimum absolute atomic E-state index is 0.435. The number of hydrogen-bond donors (Lipinski definition) is 0. The summed E-state index contributed by atoms with van der Waals surface area (Å²) in [5.74, 6) is 0. The quantitative estimate of drug-likeness (QED) is 0.859. The molecule has 1 saturated heterocycles. The van der Waals surface area contributed by atoms with Crippen molar-refractivity contribution >= 4 is 10.0 Å². The van der Waals surface area contributed by atoms with Crippen LogP contribution in [0, 0.1) is 13.8 Å². The second kappa shape index (κ2) is 6.30. The summed E-state index contributed by atoms with van der Waals surface area (Å²) >= 11 is 0. The molecule has 2 fully saturated rings. The van der Waals surface area contributed by atoms with Gasteiger partial charge in [0.1, 0.15) is 0 Å². The van der Waals surface area contributed by atoms with Crippen LogP contribution in [0.2, 0.25) is 0 Å². The van der Waals surface area contributed by atoms with Gasteiger partial charge >= 0.3 is 0 Å². The summed E-state index contributed by atoms with van der Waals surface area (Å²) in [4.78, 5) is 2.92. The molecule has 3 rings (SSSR count). The van der Waals surface area contributed by atoms with Crippen molar-refractivity contribution in [2.24, 2.45) is 0 Å². The van der Waals surface area contributed by atoms with Crippen LogP contribution >= 0.6 is 0 Å². The largest absolute Gasteiger partial charge is 0.298 e. The minimum atomic E-state index is -3.34. The first-order valence-electron chi connectivity index (χ1n) is 8.30. The number of rotatable bonds is 3. The normalized spacial score (nSPS) is 22.3. The third kappa shape index (κ3) is 3.07. The highest BCUT2D eigenvalue weighted by molar-refractivity contribution is 7.89. The van der Waals surface area contributed by atoms with Crippen molar-refractivity contribution in [1.29, 1.82) is 0 Å². The van der Waals surface area contributed by atoms with Gasteiger partial charge in [0.15, 0.2) is 0 Å². The Kier molecular flexibility index (Phi) is 4.57. The van der Waals surface area contributed by atoms with E-state index in [1.165, 1.54) is 25.7 Å². The molecule has 1 aliphatic carbocycles. The zero-order valence-corrected chi connectivity index (χ0v) is 14.4. The summed E-state index contributed by atoms with van der Waals surface area (Å²) in [6, 6.07) is 6.12. The van der Waals surface area contributed by atoms with E-state index in [9.17, 15) is 8.42 Å². The molecule has 22 heavy (non-hydrogen) atoms. The van der Waals surface area contributed by atoms with Crippen LogP contribution in [0.15, 0.2) is 23.1 Å². The molecule has 2 aliphatic rings. The molecule has 0 unspecified atom stereocenters. The lowest BCUT2D eigenvalue weighted by atomic mass is 10.1. The second-order valence-electron chi connectivity index (χ2n) is 6.62. The Labute approximate surface area is 134 Å².